The summed E-state index contributed by atoms with van der Waals surface area (Å²) in [6.07, 6.45) is 0. The quantitative estimate of drug-likeness (QED) is 0.235. The molecule has 5 aromatic rings. The molecule has 0 saturated heterocycles. The Bertz CT molecular complexity index is 1320. The number of hydrogen-bond acceptors (Lipinski definition) is 2. The van der Waals surface area contributed by atoms with Crippen molar-refractivity contribution in [1.29, 1.82) is 0 Å². The summed E-state index contributed by atoms with van der Waals surface area (Å²) < 4.78 is 19.2. The molecule has 4 heteroatoms. The van der Waals surface area contributed by atoms with E-state index >= 15 is 0 Å². The molecule has 0 radical (unpaired) electrons. The SMILES string of the molecule is c1ccc(-c2cc(-c3ccccc3)c(B3Oc4ccccc4O3)c(-c3ccccc3)[o+]2)cc1. The summed E-state index contributed by atoms with van der Waals surface area (Å²) in [7, 11) is -0.624. The molecule has 0 N–H and O–H groups in total. The van der Waals surface area contributed by atoms with Crippen molar-refractivity contribution in [2.75, 3.05) is 0 Å². The first-order valence-corrected chi connectivity index (χ1v) is 11.0. The van der Waals surface area contributed by atoms with E-state index in [0.717, 1.165) is 50.7 Å². The Morgan fingerprint density at radius 2 is 1.00 bits per heavy atom. The summed E-state index contributed by atoms with van der Waals surface area (Å²) in [5.41, 5.74) is 4.92. The number of fused-ring (bicyclic) bond motifs is 1. The van der Waals surface area contributed by atoms with E-state index in [-0.39, 0.29) is 0 Å². The van der Waals surface area contributed by atoms with Crippen LogP contribution >= 0.6 is 0 Å². The molecule has 0 saturated carbocycles. The second kappa shape index (κ2) is 8.32. The van der Waals surface area contributed by atoms with E-state index in [1.165, 1.54) is 0 Å². The second-order valence-electron chi connectivity index (χ2n) is 7.88. The fourth-order valence-electron chi connectivity index (χ4n) is 4.18. The Balaban J connectivity index is 1.62. The molecule has 4 aromatic carbocycles. The minimum absolute atomic E-state index is 0.624. The van der Waals surface area contributed by atoms with Crippen LogP contribution in [-0.4, -0.2) is 7.12 Å². The zero-order chi connectivity index (χ0) is 22.0. The van der Waals surface area contributed by atoms with Crippen LogP contribution in [0.1, 0.15) is 0 Å². The highest BCUT2D eigenvalue weighted by Crippen LogP contribution is 2.37. The summed E-state index contributed by atoms with van der Waals surface area (Å²) in [5, 5.41) is 0. The molecule has 1 aliphatic heterocycles. The number of hydrogen-bond donors (Lipinski definition) is 0. The van der Waals surface area contributed by atoms with Gasteiger partial charge in [0.1, 0.15) is 17.0 Å². The van der Waals surface area contributed by atoms with E-state index in [9.17, 15) is 0 Å². The summed E-state index contributed by atoms with van der Waals surface area (Å²) in [6, 6.07) is 40.4. The molecule has 6 rings (SSSR count). The Labute approximate surface area is 193 Å². The fourth-order valence-corrected chi connectivity index (χ4v) is 4.18. The third-order valence-electron chi connectivity index (χ3n) is 5.75. The Hall–Kier alpha value is -4.31. The smallest absolute Gasteiger partial charge is 0.519 e. The molecule has 0 bridgehead atoms. The molecule has 3 nitrogen and oxygen atoms in total. The van der Waals surface area contributed by atoms with Gasteiger partial charge < -0.3 is 9.31 Å². The van der Waals surface area contributed by atoms with Gasteiger partial charge in [-0.3, -0.25) is 0 Å². The molecule has 156 valence electrons. The first kappa shape index (κ1) is 19.4. The molecule has 1 aliphatic rings. The molecule has 0 atom stereocenters. The summed E-state index contributed by atoms with van der Waals surface area (Å²) in [4.78, 5) is 0. The highest BCUT2D eigenvalue weighted by Gasteiger charge is 2.44. The van der Waals surface area contributed by atoms with Crippen molar-refractivity contribution >= 4 is 12.6 Å². The number of para-hydroxylation sites is 2. The van der Waals surface area contributed by atoms with E-state index in [2.05, 4.69) is 30.3 Å². The zero-order valence-electron chi connectivity index (χ0n) is 17.8. The normalized spacial score (nSPS) is 12.1. The summed E-state index contributed by atoms with van der Waals surface area (Å²) >= 11 is 0. The van der Waals surface area contributed by atoms with Crippen molar-refractivity contribution in [2.24, 2.45) is 0 Å². The maximum atomic E-state index is 6.59. The van der Waals surface area contributed by atoms with Crippen molar-refractivity contribution in [1.82, 2.24) is 0 Å². The topological polar surface area (TPSA) is 29.8 Å². The molecule has 0 spiro atoms. The maximum Gasteiger partial charge on any atom is 0.643 e. The van der Waals surface area contributed by atoms with Gasteiger partial charge in [-0.05, 0) is 42.0 Å². The van der Waals surface area contributed by atoms with Crippen LogP contribution in [0.2, 0.25) is 0 Å². The van der Waals surface area contributed by atoms with E-state index in [1.807, 2.05) is 91.0 Å². The van der Waals surface area contributed by atoms with E-state index < -0.39 is 7.12 Å². The van der Waals surface area contributed by atoms with Crippen LogP contribution in [0, 0.1) is 0 Å². The van der Waals surface area contributed by atoms with Gasteiger partial charge in [-0.15, -0.1) is 0 Å². The predicted octanol–water partition coefficient (Wildman–Crippen LogP) is 6.73. The zero-order valence-corrected chi connectivity index (χ0v) is 17.8. The molecular weight excluding hydrogens is 407 g/mol. The first-order valence-electron chi connectivity index (χ1n) is 11.0. The number of rotatable bonds is 4. The van der Waals surface area contributed by atoms with Crippen molar-refractivity contribution in [3.63, 3.8) is 0 Å². The Morgan fingerprint density at radius 1 is 0.515 bits per heavy atom. The van der Waals surface area contributed by atoms with Gasteiger partial charge in [-0.2, -0.15) is 0 Å². The van der Waals surface area contributed by atoms with Gasteiger partial charge >= 0.3 is 18.6 Å². The lowest BCUT2D eigenvalue weighted by Crippen LogP contribution is -2.41. The second-order valence-corrected chi connectivity index (χ2v) is 7.88. The standard InChI is InChI=1S/C29H20BO3/c1-4-12-21(13-5-1)24-20-27(22-14-6-2-7-15-22)31-29(23-16-8-3-9-17-23)28(24)30-32-25-18-10-11-19-26(25)33-30/h1-20H/q+1. The molecule has 33 heavy (non-hydrogen) atoms. The lowest BCUT2D eigenvalue weighted by molar-refractivity contribution is 0.514. The summed E-state index contributed by atoms with van der Waals surface area (Å²) in [6.45, 7) is 0. The molecule has 1 aromatic heterocycles. The average molecular weight is 427 g/mol. The van der Waals surface area contributed by atoms with Gasteiger partial charge in [-0.1, -0.05) is 78.9 Å². The van der Waals surface area contributed by atoms with Gasteiger partial charge in [0, 0.05) is 5.56 Å². The molecule has 0 unspecified atom stereocenters. The van der Waals surface area contributed by atoms with E-state index in [1.54, 1.807) is 0 Å². The fraction of sp³-hybridized carbons (Fsp3) is 0. The minimum Gasteiger partial charge on any atom is -0.519 e. The minimum atomic E-state index is -0.624. The van der Waals surface area contributed by atoms with Crippen LogP contribution in [0.4, 0.5) is 0 Å². The van der Waals surface area contributed by atoms with Crippen molar-refractivity contribution in [2.45, 2.75) is 0 Å². The van der Waals surface area contributed by atoms with Crippen molar-refractivity contribution < 1.29 is 13.7 Å². The summed E-state index contributed by atoms with van der Waals surface area (Å²) in [5.74, 6) is 2.97. The van der Waals surface area contributed by atoms with E-state index in [0.29, 0.717) is 0 Å². The van der Waals surface area contributed by atoms with Gasteiger partial charge in [0.2, 0.25) is 0 Å². The third-order valence-corrected chi connectivity index (χ3v) is 5.75. The van der Waals surface area contributed by atoms with Crippen molar-refractivity contribution in [3.05, 3.63) is 121 Å². The molecule has 0 fully saturated rings. The van der Waals surface area contributed by atoms with Crippen LogP contribution in [0.5, 0.6) is 11.5 Å². The first-order chi connectivity index (χ1) is 16.4. The maximum absolute atomic E-state index is 6.59. The molecule has 2 heterocycles. The average Bonchev–Trinajstić information content (AvgIpc) is 3.33. The Kier molecular flexibility index (Phi) is 4.89. The van der Waals surface area contributed by atoms with Crippen LogP contribution < -0.4 is 14.8 Å². The lowest BCUT2D eigenvalue weighted by atomic mass is 9.72. The highest BCUT2D eigenvalue weighted by molar-refractivity contribution is 6.67. The molecular formula is C29H20BO3+. The monoisotopic (exact) mass is 427 g/mol. The van der Waals surface area contributed by atoms with Crippen LogP contribution in [0.3, 0.4) is 0 Å². The lowest BCUT2D eigenvalue weighted by Gasteiger charge is -2.11. The largest absolute Gasteiger partial charge is 0.643 e. The Morgan fingerprint density at radius 3 is 1.58 bits per heavy atom. The van der Waals surface area contributed by atoms with Gasteiger partial charge in [0.15, 0.2) is 0 Å². The van der Waals surface area contributed by atoms with Gasteiger partial charge in [0.25, 0.3) is 0 Å². The van der Waals surface area contributed by atoms with E-state index in [4.69, 9.17) is 13.7 Å². The molecule has 0 amide bonds. The van der Waals surface area contributed by atoms with Crippen LogP contribution in [0.15, 0.2) is 126 Å². The predicted molar refractivity (Wildman–Crippen MR) is 133 cm³/mol. The third kappa shape index (κ3) is 3.66. The number of benzene rings is 4. The molecule has 0 aliphatic carbocycles. The van der Waals surface area contributed by atoms with Crippen LogP contribution in [0.25, 0.3) is 33.8 Å². The van der Waals surface area contributed by atoms with Gasteiger partial charge in [0.05, 0.1) is 17.2 Å². The van der Waals surface area contributed by atoms with Gasteiger partial charge in [-0.25, -0.2) is 4.42 Å². The van der Waals surface area contributed by atoms with Crippen LogP contribution in [-0.2, 0) is 0 Å². The van der Waals surface area contributed by atoms with Crippen molar-refractivity contribution in [3.8, 4) is 45.3 Å². The highest BCUT2D eigenvalue weighted by atomic mass is 16.6.